The molecular weight excluding hydrogens is 444 g/mol. The van der Waals surface area contributed by atoms with E-state index < -0.39 is 32.2 Å². The zero-order chi connectivity index (χ0) is 26.1. The maximum Gasteiger partial charge on any atom is 0.408 e. The van der Waals surface area contributed by atoms with Crippen LogP contribution in [0.5, 0.6) is 0 Å². The van der Waals surface area contributed by atoms with E-state index >= 15 is 0 Å². The predicted octanol–water partition coefficient (Wildman–Crippen LogP) is 6.51. The Hall–Kier alpha value is -2.09. The Bertz CT molecular complexity index is 1010. The summed E-state index contributed by atoms with van der Waals surface area (Å²) >= 11 is 0. The van der Waals surface area contributed by atoms with Crippen LogP contribution in [0.2, 0.25) is 18.1 Å². The molecule has 0 fully saturated rings. The average molecular weight is 489 g/mol. The number of hydrogen-bond acceptors (Lipinski definition) is 4. The number of nitrogens with zero attached hydrogens (tertiary/aromatic N) is 1. The van der Waals surface area contributed by atoms with Crippen LogP contribution in [0.15, 0.2) is 43.1 Å². The van der Waals surface area contributed by atoms with Crippen molar-refractivity contribution in [1.82, 2.24) is 9.88 Å². The number of nitrogens with one attached hydrogen (secondary N) is 1. The summed E-state index contributed by atoms with van der Waals surface area (Å²) in [7, 11) is -2.12. The molecule has 1 heterocycles. The Labute approximate surface area is 206 Å². The van der Waals surface area contributed by atoms with Gasteiger partial charge in [-0.2, -0.15) is 0 Å². The molecule has 6 nitrogen and oxygen atoms in total. The van der Waals surface area contributed by atoms with Crippen LogP contribution in [0.25, 0.3) is 10.9 Å². The lowest BCUT2D eigenvalue weighted by Crippen LogP contribution is -2.49. The first kappa shape index (κ1) is 28.1. The summed E-state index contributed by atoms with van der Waals surface area (Å²) in [6.45, 7) is 24.6. The average Bonchev–Trinajstić information content (AvgIpc) is 3.09. The second-order valence-electron chi connectivity index (χ2n) is 12.1. The van der Waals surface area contributed by atoms with E-state index in [0.717, 1.165) is 16.5 Å². The molecule has 34 heavy (non-hydrogen) atoms. The number of alkyl carbamates (subject to hydrolysis) is 1. The van der Waals surface area contributed by atoms with E-state index in [-0.39, 0.29) is 17.2 Å². The van der Waals surface area contributed by atoms with E-state index in [1.807, 2.05) is 57.3 Å². The van der Waals surface area contributed by atoms with Gasteiger partial charge in [0, 0.05) is 22.7 Å². The van der Waals surface area contributed by atoms with E-state index in [2.05, 4.69) is 64.2 Å². The molecule has 0 saturated heterocycles. The number of aromatic nitrogens is 1. The van der Waals surface area contributed by atoms with E-state index in [4.69, 9.17) is 9.16 Å². The Balaban J connectivity index is 2.48. The van der Waals surface area contributed by atoms with Crippen LogP contribution in [-0.2, 0) is 14.7 Å². The van der Waals surface area contributed by atoms with Crippen molar-refractivity contribution in [1.29, 1.82) is 0 Å². The summed E-state index contributed by atoms with van der Waals surface area (Å²) in [5, 5.41) is 15.4. The number of hydrogen-bond donors (Lipinski definition) is 2. The van der Waals surface area contributed by atoms with Crippen LogP contribution < -0.4 is 5.32 Å². The highest BCUT2D eigenvalue weighted by Crippen LogP contribution is 2.38. The second-order valence-corrected chi connectivity index (χ2v) is 16.9. The number of aliphatic hydroxyl groups excluding tert-OH is 1. The van der Waals surface area contributed by atoms with Crippen molar-refractivity contribution in [3.8, 4) is 0 Å². The number of para-hydroxylation sites is 1. The van der Waals surface area contributed by atoms with Gasteiger partial charge in [0.15, 0.2) is 8.32 Å². The predicted molar refractivity (Wildman–Crippen MR) is 143 cm³/mol. The number of amides is 1. The van der Waals surface area contributed by atoms with Gasteiger partial charge in [-0.15, -0.1) is 6.58 Å². The van der Waals surface area contributed by atoms with Gasteiger partial charge in [0.2, 0.25) is 0 Å². The van der Waals surface area contributed by atoms with Gasteiger partial charge in [0.25, 0.3) is 0 Å². The Morgan fingerprint density at radius 1 is 1.15 bits per heavy atom. The standard InChI is InChI=1S/C27H44N2O4Si/c1-12-27(8,9)29-17-20(19-15-13-14-16-22(19)29)23(30)21(28-24(31)33-25(2,3)4)18-32-34(10,11)26(5,6)7/h12-17,21,23,30H,1,18H2,2-11H3,(H,28,31)/t21-,23-/m1/s1. The topological polar surface area (TPSA) is 72.7 Å². The second kappa shape index (κ2) is 9.88. The van der Waals surface area contributed by atoms with Gasteiger partial charge in [-0.05, 0) is 58.8 Å². The summed E-state index contributed by atoms with van der Waals surface area (Å²) in [6, 6.07) is 7.26. The molecule has 0 spiro atoms. The lowest BCUT2D eigenvalue weighted by atomic mass is 10.0. The van der Waals surface area contributed by atoms with E-state index in [1.165, 1.54) is 0 Å². The Morgan fingerprint density at radius 3 is 2.26 bits per heavy atom. The van der Waals surface area contributed by atoms with Gasteiger partial charge in [-0.25, -0.2) is 4.79 Å². The number of allylic oxidation sites excluding steroid dienone is 1. The van der Waals surface area contributed by atoms with E-state index in [9.17, 15) is 9.90 Å². The molecule has 0 aliphatic carbocycles. The number of benzene rings is 1. The van der Waals surface area contributed by atoms with E-state index in [0.29, 0.717) is 0 Å². The number of ether oxygens (including phenoxy) is 1. The molecule has 0 unspecified atom stereocenters. The van der Waals surface area contributed by atoms with Crippen molar-refractivity contribution in [2.45, 2.75) is 96.8 Å². The van der Waals surface area contributed by atoms with Gasteiger partial charge in [0.1, 0.15) is 11.7 Å². The van der Waals surface area contributed by atoms with Crippen molar-refractivity contribution in [3.63, 3.8) is 0 Å². The minimum absolute atomic E-state index is 0.00156. The third kappa shape index (κ3) is 6.52. The van der Waals surface area contributed by atoms with Crippen molar-refractivity contribution in [3.05, 3.63) is 48.7 Å². The fraction of sp³-hybridized carbons (Fsp3) is 0.593. The fourth-order valence-corrected chi connectivity index (χ4v) is 4.45. The normalized spacial score (nSPS) is 15.1. The molecule has 190 valence electrons. The Morgan fingerprint density at radius 2 is 1.74 bits per heavy atom. The zero-order valence-corrected chi connectivity index (χ0v) is 23.7. The van der Waals surface area contributed by atoms with Crippen molar-refractivity contribution in [2.24, 2.45) is 0 Å². The highest BCUT2D eigenvalue weighted by atomic mass is 28.4. The molecule has 1 aromatic carbocycles. The first-order valence-corrected chi connectivity index (χ1v) is 14.9. The summed E-state index contributed by atoms with van der Waals surface area (Å²) in [5.41, 5.74) is 0.709. The first-order chi connectivity index (χ1) is 15.4. The SMILES string of the molecule is C=CC(C)(C)n1cc([C@@H](O)[C@@H](CO[Si](C)(C)C(C)(C)C)NC(=O)OC(C)(C)C)c2ccccc21. The molecule has 1 aromatic heterocycles. The highest BCUT2D eigenvalue weighted by Gasteiger charge is 2.39. The number of fused-ring (bicyclic) bond motifs is 1. The lowest BCUT2D eigenvalue weighted by Gasteiger charge is -2.38. The summed E-state index contributed by atoms with van der Waals surface area (Å²) in [5.74, 6) is 0. The molecule has 0 aliphatic rings. The number of aliphatic hydroxyl groups is 1. The largest absolute Gasteiger partial charge is 0.444 e. The van der Waals surface area contributed by atoms with Crippen molar-refractivity contribution < 1.29 is 19.1 Å². The number of carbonyl (C=O) groups excluding carboxylic acids is 1. The molecule has 2 rings (SSSR count). The van der Waals surface area contributed by atoms with Crippen molar-refractivity contribution >= 4 is 25.3 Å². The summed E-state index contributed by atoms with van der Waals surface area (Å²) < 4.78 is 14.0. The summed E-state index contributed by atoms with van der Waals surface area (Å²) in [4.78, 5) is 12.7. The monoisotopic (exact) mass is 488 g/mol. The van der Waals surface area contributed by atoms with Crippen LogP contribution in [0.1, 0.15) is 67.1 Å². The van der Waals surface area contributed by atoms with Crippen LogP contribution in [0.4, 0.5) is 4.79 Å². The highest BCUT2D eigenvalue weighted by molar-refractivity contribution is 6.74. The maximum atomic E-state index is 12.7. The first-order valence-electron chi connectivity index (χ1n) is 12.0. The van der Waals surface area contributed by atoms with Gasteiger partial charge < -0.3 is 24.2 Å². The lowest BCUT2D eigenvalue weighted by molar-refractivity contribution is 0.0359. The zero-order valence-electron chi connectivity index (χ0n) is 22.7. The molecule has 2 N–H and O–H groups in total. The maximum absolute atomic E-state index is 12.7. The number of carbonyl (C=O) groups is 1. The fourth-order valence-electron chi connectivity index (χ4n) is 3.42. The van der Waals surface area contributed by atoms with E-state index in [1.54, 1.807) is 0 Å². The molecule has 0 radical (unpaired) electrons. The quantitative estimate of drug-likeness (QED) is 0.328. The third-order valence-electron chi connectivity index (χ3n) is 6.70. The van der Waals surface area contributed by atoms with Crippen LogP contribution in [0.3, 0.4) is 0 Å². The molecule has 1 amide bonds. The molecule has 0 aliphatic heterocycles. The Kier molecular flexibility index (Phi) is 8.18. The molecular formula is C27H44N2O4Si. The molecule has 2 atom stereocenters. The van der Waals surface area contributed by atoms with Gasteiger partial charge in [-0.1, -0.05) is 45.0 Å². The molecule has 2 aromatic rings. The molecule has 0 saturated carbocycles. The van der Waals surface area contributed by atoms with Crippen LogP contribution in [-0.4, -0.2) is 42.3 Å². The van der Waals surface area contributed by atoms with Gasteiger partial charge in [-0.3, -0.25) is 0 Å². The molecule has 0 bridgehead atoms. The van der Waals surface area contributed by atoms with Crippen LogP contribution in [0, 0.1) is 0 Å². The molecule has 7 heteroatoms. The van der Waals surface area contributed by atoms with Crippen LogP contribution >= 0.6 is 0 Å². The van der Waals surface area contributed by atoms with Gasteiger partial charge in [0.05, 0.1) is 18.2 Å². The smallest absolute Gasteiger partial charge is 0.408 e. The number of rotatable bonds is 8. The summed E-state index contributed by atoms with van der Waals surface area (Å²) in [6.07, 6.45) is 2.26. The minimum Gasteiger partial charge on any atom is -0.444 e. The van der Waals surface area contributed by atoms with Crippen molar-refractivity contribution in [2.75, 3.05) is 6.61 Å². The third-order valence-corrected chi connectivity index (χ3v) is 11.2. The van der Waals surface area contributed by atoms with Gasteiger partial charge >= 0.3 is 6.09 Å². The minimum atomic E-state index is -2.12.